The molecular weight excluding hydrogens is 1070 g/mol. The number of nitrogens with one attached hydrogen (secondary N) is 1. The van der Waals surface area contributed by atoms with Gasteiger partial charge in [-0.2, -0.15) is 0 Å². The molecule has 0 heterocycles. The zero-order valence-electron chi connectivity index (χ0n) is 59.5. The Balaban J connectivity index is 3.32. The number of unbranched alkanes of at least 4 members (excludes halogenated alkanes) is 64. The average molecular weight is 1230 g/mol. The Kier molecular flexibility index (Phi) is 75.8. The van der Waals surface area contributed by atoms with Crippen LogP contribution in [0.2, 0.25) is 0 Å². The van der Waals surface area contributed by atoms with Crippen LogP contribution in [0.25, 0.3) is 0 Å². The molecule has 2 unspecified atom stereocenters. The number of hydrogen-bond acceptors (Lipinski definition) is 5. The van der Waals surface area contributed by atoms with Crippen LogP contribution in [0.5, 0.6) is 0 Å². The predicted molar refractivity (Wildman–Crippen MR) is 384 cm³/mol. The lowest BCUT2D eigenvalue weighted by atomic mass is 10.0. The Morgan fingerprint density at radius 3 is 0.839 bits per heavy atom. The minimum absolute atomic E-state index is 0.0127. The van der Waals surface area contributed by atoms with E-state index in [0.717, 1.165) is 44.9 Å². The van der Waals surface area contributed by atoms with Gasteiger partial charge in [0.2, 0.25) is 5.91 Å². The van der Waals surface area contributed by atoms with Crippen LogP contribution in [0.15, 0.2) is 12.2 Å². The van der Waals surface area contributed by atoms with Crippen molar-refractivity contribution in [1.82, 2.24) is 5.32 Å². The van der Waals surface area contributed by atoms with Gasteiger partial charge in [-0.1, -0.05) is 418 Å². The van der Waals surface area contributed by atoms with Crippen LogP contribution in [-0.2, 0) is 14.3 Å². The highest BCUT2D eigenvalue weighted by Crippen LogP contribution is 2.21. The number of allylic oxidation sites excluding steroid dienone is 2. The Bertz CT molecular complexity index is 1320. The van der Waals surface area contributed by atoms with Crippen molar-refractivity contribution in [3.05, 3.63) is 12.2 Å². The fourth-order valence-corrected chi connectivity index (χ4v) is 13.2. The monoisotopic (exact) mass is 1230 g/mol. The van der Waals surface area contributed by atoms with Crippen molar-refractivity contribution < 1.29 is 24.5 Å². The summed E-state index contributed by atoms with van der Waals surface area (Å²) in [6.45, 7) is 4.99. The van der Waals surface area contributed by atoms with Crippen LogP contribution in [0.1, 0.15) is 470 Å². The van der Waals surface area contributed by atoms with Crippen LogP contribution >= 0.6 is 0 Å². The van der Waals surface area contributed by atoms with Gasteiger partial charge in [-0.15, -0.1) is 0 Å². The van der Waals surface area contributed by atoms with Gasteiger partial charge in [0.05, 0.1) is 25.4 Å². The number of aliphatic hydroxyl groups is 2. The number of carbonyl (C=O) groups is 2. The molecule has 87 heavy (non-hydrogen) atoms. The van der Waals surface area contributed by atoms with Crippen LogP contribution in [0.4, 0.5) is 0 Å². The first-order chi connectivity index (χ1) is 43.0. The van der Waals surface area contributed by atoms with Gasteiger partial charge in [0.1, 0.15) is 0 Å². The summed E-state index contributed by atoms with van der Waals surface area (Å²) in [5, 5.41) is 23.5. The number of amides is 1. The first-order valence-electron chi connectivity index (χ1n) is 40.4. The van der Waals surface area contributed by atoms with E-state index in [-0.39, 0.29) is 18.5 Å². The molecule has 0 aromatic heterocycles. The maximum atomic E-state index is 12.6. The van der Waals surface area contributed by atoms with Gasteiger partial charge in [0, 0.05) is 12.8 Å². The molecule has 0 aromatic carbocycles. The lowest BCUT2D eigenvalue weighted by Crippen LogP contribution is -2.45. The van der Waals surface area contributed by atoms with E-state index in [0.29, 0.717) is 25.9 Å². The molecule has 0 spiro atoms. The predicted octanol–water partition coefficient (Wildman–Crippen LogP) is 26.7. The minimum atomic E-state index is -0.662. The van der Waals surface area contributed by atoms with Gasteiger partial charge in [0.15, 0.2) is 0 Å². The highest BCUT2D eigenvalue weighted by molar-refractivity contribution is 5.76. The molecule has 0 saturated carbocycles. The van der Waals surface area contributed by atoms with E-state index in [1.54, 1.807) is 0 Å². The van der Waals surface area contributed by atoms with Gasteiger partial charge in [0.25, 0.3) is 0 Å². The lowest BCUT2D eigenvalue weighted by molar-refractivity contribution is -0.143. The van der Waals surface area contributed by atoms with E-state index in [2.05, 4.69) is 31.3 Å². The zero-order chi connectivity index (χ0) is 62.8. The molecule has 0 radical (unpaired) electrons. The van der Waals surface area contributed by atoms with Crippen molar-refractivity contribution >= 4 is 11.9 Å². The summed E-state index contributed by atoms with van der Waals surface area (Å²) < 4.78 is 5.48. The van der Waals surface area contributed by atoms with Gasteiger partial charge in [-0.05, 0) is 51.4 Å². The van der Waals surface area contributed by atoms with Gasteiger partial charge >= 0.3 is 5.97 Å². The fraction of sp³-hybridized carbons (Fsp3) is 0.951. The third-order valence-corrected chi connectivity index (χ3v) is 19.3. The van der Waals surface area contributed by atoms with E-state index in [1.165, 1.54) is 392 Å². The number of esters is 1. The summed E-state index contributed by atoms with van der Waals surface area (Å²) in [5.74, 6) is -0.0110. The molecule has 0 aliphatic carbocycles. The van der Waals surface area contributed by atoms with Gasteiger partial charge in [-0.3, -0.25) is 9.59 Å². The highest BCUT2D eigenvalue weighted by Gasteiger charge is 2.20. The summed E-state index contributed by atoms with van der Waals surface area (Å²) >= 11 is 0. The maximum absolute atomic E-state index is 12.6. The third-order valence-electron chi connectivity index (χ3n) is 19.3. The molecule has 0 bridgehead atoms. The first-order valence-corrected chi connectivity index (χ1v) is 40.4. The molecule has 2 atom stereocenters. The van der Waals surface area contributed by atoms with Crippen molar-refractivity contribution in [2.45, 2.75) is 482 Å². The molecule has 0 aromatic rings. The van der Waals surface area contributed by atoms with Gasteiger partial charge < -0.3 is 20.3 Å². The number of aliphatic hydroxyl groups excluding tert-OH is 2. The lowest BCUT2D eigenvalue weighted by Gasteiger charge is -2.22. The average Bonchev–Trinajstić information content (AvgIpc) is 3.52. The second kappa shape index (κ2) is 77.1. The molecule has 0 rings (SSSR count). The van der Waals surface area contributed by atoms with Crippen LogP contribution in [-0.4, -0.2) is 47.4 Å². The summed E-state index contributed by atoms with van der Waals surface area (Å²) in [4.78, 5) is 24.6. The normalized spacial score (nSPS) is 12.5. The van der Waals surface area contributed by atoms with Gasteiger partial charge in [-0.25, -0.2) is 0 Å². The molecule has 6 heteroatoms. The fourth-order valence-electron chi connectivity index (χ4n) is 13.2. The summed E-state index contributed by atoms with van der Waals surface area (Å²) in [6.07, 6.45) is 97.5. The van der Waals surface area contributed by atoms with Crippen molar-refractivity contribution in [3.63, 3.8) is 0 Å². The number of carbonyl (C=O) groups excluding carboxylic acids is 2. The largest absolute Gasteiger partial charge is 0.466 e. The van der Waals surface area contributed by atoms with Crippen molar-refractivity contribution in [3.8, 4) is 0 Å². The molecule has 6 nitrogen and oxygen atoms in total. The standard InChI is InChI=1S/C81H159NO5/c1-3-5-7-9-11-13-15-17-18-19-20-21-22-32-35-38-41-44-47-50-53-57-61-65-69-73-79(84)78(77-83)82-80(85)74-70-66-62-58-54-51-48-45-42-39-36-33-30-28-26-24-23-25-27-29-31-34-37-40-43-46-49-52-56-60-64-68-72-76-87-81(86)75-71-67-63-59-55-16-14-12-10-8-6-4-2/h12,14,78-79,83-84H,3-11,13,15-77H2,1-2H3,(H,82,85)/b14-12-. The van der Waals surface area contributed by atoms with Crippen molar-refractivity contribution in [2.75, 3.05) is 13.2 Å². The second-order valence-electron chi connectivity index (χ2n) is 28.1. The molecule has 1 amide bonds. The first kappa shape index (κ1) is 85.6. The van der Waals surface area contributed by atoms with E-state index in [4.69, 9.17) is 4.74 Å². The van der Waals surface area contributed by atoms with E-state index in [1.807, 2.05) is 0 Å². The molecule has 518 valence electrons. The maximum Gasteiger partial charge on any atom is 0.305 e. The molecule has 0 aliphatic heterocycles. The molecule has 0 saturated heterocycles. The Morgan fingerprint density at radius 1 is 0.310 bits per heavy atom. The number of hydrogen-bond donors (Lipinski definition) is 3. The molecular formula is C81H159NO5. The smallest absolute Gasteiger partial charge is 0.305 e. The Hall–Kier alpha value is -1.40. The van der Waals surface area contributed by atoms with E-state index >= 15 is 0 Å². The minimum Gasteiger partial charge on any atom is -0.466 e. The second-order valence-corrected chi connectivity index (χ2v) is 28.1. The van der Waals surface area contributed by atoms with Crippen LogP contribution in [0, 0.1) is 0 Å². The third kappa shape index (κ3) is 73.5. The molecule has 3 N–H and O–H groups in total. The van der Waals surface area contributed by atoms with E-state index < -0.39 is 12.1 Å². The Labute approximate surface area is 546 Å². The van der Waals surface area contributed by atoms with E-state index in [9.17, 15) is 19.8 Å². The Morgan fingerprint density at radius 2 is 0.540 bits per heavy atom. The highest BCUT2D eigenvalue weighted by atomic mass is 16.5. The topological polar surface area (TPSA) is 95.9 Å². The number of rotatable bonds is 77. The quantitative estimate of drug-likeness (QED) is 0.0320. The molecule has 0 fully saturated rings. The summed E-state index contributed by atoms with van der Waals surface area (Å²) in [7, 11) is 0. The summed E-state index contributed by atoms with van der Waals surface area (Å²) in [6, 6.07) is -0.539. The number of ether oxygens (including phenoxy) is 1. The zero-order valence-corrected chi connectivity index (χ0v) is 59.5. The van der Waals surface area contributed by atoms with Crippen molar-refractivity contribution in [2.24, 2.45) is 0 Å². The van der Waals surface area contributed by atoms with Crippen molar-refractivity contribution in [1.29, 1.82) is 0 Å². The van der Waals surface area contributed by atoms with Crippen LogP contribution in [0.3, 0.4) is 0 Å². The SMILES string of the molecule is CCCCC/C=C\CCCCCCCC(=O)OCCCCCCCCCCCCCCCCCCCCCCCCCCCCCCCCCCCC(=O)NC(CO)C(O)CCCCCCCCCCCCCCCCCCCCCCCCCCC. The summed E-state index contributed by atoms with van der Waals surface area (Å²) in [5.41, 5.74) is 0. The van der Waals surface area contributed by atoms with Crippen LogP contribution < -0.4 is 5.32 Å². The molecule has 0 aliphatic rings.